The molecule has 0 aromatic carbocycles. The average Bonchev–Trinajstić information content (AvgIpc) is 2.82. The van der Waals surface area contributed by atoms with Gasteiger partial charge in [-0.2, -0.15) is 0 Å². The molecule has 2 atom stereocenters. The van der Waals surface area contributed by atoms with Crippen molar-refractivity contribution in [2.24, 2.45) is 11.8 Å². The van der Waals surface area contributed by atoms with E-state index in [1.807, 2.05) is 13.8 Å². The van der Waals surface area contributed by atoms with Crippen LogP contribution < -0.4 is 0 Å². The molecule has 0 aromatic rings. The highest BCUT2D eigenvalue weighted by molar-refractivity contribution is 5.73. The van der Waals surface area contributed by atoms with Gasteiger partial charge in [0, 0.05) is 19.1 Å². The first kappa shape index (κ1) is 10.5. The summed E-state index contributed by atoms with van der Waals surface area (Å²) in [6.45, 7) is 4.88. The van der Waals surface area contributed by atoms with Crippen LogP contribution in [-0.4, -0.2) is 30.6 Å². The highest BCUT2D eigenvalue weighted by Crippen LogP contribution is 2.42. The Balaban J connectivity index is 2.35. The lowest BCUT2D eigenvalue weighted by molar-refractivity contribution is -0.157. The van der Waals surface area contributed by atoms with Gasteiger partial charge in [0.05, 0.1) is 5.92 Å². The van der Waals surface area contributed by atoms with Crippen LogP contribution in [0.15, 0.2) is 0 Å². The van der Waals surface area contributed by atoms with Crippen molar-refractivity contribution in [2.75, 3.05) is 13.2 Å². The first-order valence-electron chi connectivity index (χ1n) is 4.66. The second-order valence-corrected chi connectivity index (χ2v) is 3.12. The molecular weight excluding hydrogens is 172 g/mol. The van der Waals surface area contributed by atoms with Crippen molar-refractivity contribution in [3.8, 4) is 0 Å². The predicted molar refractivity (Wildman–Crippen MR) is 46.3 cm³/mol. The summed E-state index contributed by atoms with van der Waals surface area (Å²) in [5.74, 6) is -0.949. The molecule has 0 saturated heterocycles. The fourth-order valence-electron chi connectivity index (χ4n) is 1.42. The number of hydrogen-bond donors (Lipinski definition) is 1. The van der Waals surface area contributed by atoms with Crippen LogP contribution in [-0.2, 0) is 14.3 Å². The summed E-state index contributed by atoms with van der Waals surface area (Å²) in [4.78, 5) is 10.6. The highest BCUT2D eigenvalue weighted by Gasteiger charge is 2.49. The summed E-state index contributed by atoms with van der Waals surface area (Å²) in [5, 5.41) is 8.70. The lowest BCUT2D eigenvalue weighted by Gasteiger charge is -2.15. The summed E-state index contributed by atoms with van der Waals surface area (Å²) in [5.41, 5.74) is 0. The van der Waals surface area contributed by atoms with E-state index < -0.39 is 5.97 Å². The molecule has 76 valence electrons. The van der Waals surface area contributed by atoms with E-state index in [2.05, 4.69) is 0 Å². The Morgan fingerprint density at radius 1 is 1.46 bits per heavy atom. The van der Waals surface area contributed by atoms with Crippen molar-refractivity contribution in [1.82, 2.24) is 0 Å². The zero-order valence-corrected chi connectivity index (χ0v) is 8.03. The molecule has 4 nitrogen and oxygen atoms in total. The maximum Gasteiger partial charge on any atom is 0.306 e. The molecule has 0 bridgehead atoms. The van der Waals surface area contributed by atoms with E-state index in [1.54, 1.807) is 0 Å². The van der Waals surface area contributed by atoms with Crippen LogP contribution in [0.4, 0.5) is 0 Å². The van der Waals surface area contributed by atoms with Crippen LogP contribution >= 0.6 is 0 Å². The largest absolute Gasteiger partial charge is 0.481 e. The molecule has 0 aromatic heterocycles. The van der Waals surface area contributed by atoms with Gasteiger partial charge in [0.1, 0.15) is 0 Å². The Morgan fingerprint density at radius 2 is 2.00 bits per heavy atom. The molecule has 1 N–H and O–H groups in total. The topological polar surface area (TPSA) is 55.8 Å². The molecule has 0 heterocycles. The van der Waals surface area contributed by atoms with Crippen molar-refractivity contribution < 1.29 is 19.4 Å². The molecule has 0 aliphatic heterocycles. The number of carbonyl (C=O) groups is 1. The second-order valence-electron chi connectivity index (χ2n) is 3.12. The lowest BCUT2D eigenvalue weighted by atomic mass is 10.3. The zero-order chi connectivity index (χ0) is 9.84. The zero-order valence-electron chi connectivity index (χ0n) is 8.03. The number of carboxylic acids is 1. The van der Waals surface area contributed by atoms with Gasteiger partial charge in [-0.25, -0.2) is 0 Å². The van der Waals surface area contributed by atoms with Crippen molar-refractivity contribution in [2.45, 2.75) is 26.6 Å². The van der Waals surface area contributed by atoms with Crippen LogP contribution in [0.3, 0.4) is 0 Å². The van der Waals surface area contributed by atoms with Crippen LogP contribution in [0.2, 0.25) is 0 Å². The molecule has 13 heavy (non-hydrogen) atoms. The molecule has 1 rings (SSSR count). The first-order valence-corrected chi connectivity index (χ1v) is 4.66. The van der Waals surface area contributed by atoms with E-state index in [-0.39, 0.29) is 18.1 Å². The van der Waals surface area contributed by atoms with Crippen molar-refractivity contribution in [1.29, 1.82) is 0 Å². The van der Waals surface area contributed by atoms with Gasteiger partial charge in [-0.1, -0.05) is 0 Å². The van der Waals surface area contributed by atoms with Gasteiger partial charge in [0.15, 0.2) is 6.29 Å². The number of rotatable bonds is 6. The standard InChI is InChI=1S/C9H16O4/c1-3-12-9(13-4-2)7-5-6(7)8(10)11/h6-7,9H,3-5H2,1-2H3,(H,10,11). The molecule has 0 amide bonds. The molecule has 1 fully saturated rings. The Morgan fingerprint density at radius 3 is 2.31 bits per heavy atom. The Kier molecular flexibility index (Phi) is 3.69. The van der Waals surface area contributed by atoms with Gasteiger partial charge in [-0.05, 0) is 20.3 Å². The van der Waals surface area contributed by atoms with Crippen LogP contribution in [0.25, 0.3) is 0 Å². The van der Waals surface area contributed by atoms with Crippen molar-refractivity contribution >= 4 is 5.97 Å². The van der Waals surface area contributed by atoms with Crippen molar-refractivity contribution in [3.05, 3.63) is 0 Å². The van der Waals surface area contributed by atoms with E-state index in [1.165, 1.54) is 0 Å². The van der Waals surface area contributed by atoms with Gasteiger partial charge in [0.25, 0.3) is 0 Å². The molecule has 1 aliphatic rings. The van der Waals surface area contributed by atoms with E-state index in [0.717, 1.165) is 0 Å². The minimum Gasteiger partial charge on any atom is -0.481 e. The SMILES string of the molecule is CCOC(OCC)C1CC1C(=O)O. The molecule has 4 heteroatoms. The van der Waals surface area contributed by atoms with E-state index in [9.17, 15) is 4.79 Å². The van der Waals surface area contributed by atoms with E-state index >= 15 is 0 Å². The number of ether oxygens (including phenoxy) is 2. The lowest BCUT2D eigenvalue weighted by Crippen LogP contribution is -2.22. The van der Waals surface area contributed by atoms with Crippen molar-refractivity contribution in [3.63, 3.8) is 0 Å². The van der Waals surface area contributed by atoms with Gasteiger partial charge in [0.2, 0.25) is 0 Å². The summed E-state index contributed by atoms with van der Waals surface area (Å²) in [7, 11) is 0. The fourth-order valence-corrected chi connectivity index (χ4v) is 1.42. The van der Waals surface area contributed by atoms with Gasteiger partial charge in [-0.15, -0.1) is 0 Å². The predicted octanol–water partition coefficient (Wildman–Crippen LogP) is 1.11. The van der Waals surface area contributed by atoms with Gasteiger partial charge < -0.3 is 14.6 Å². The highest BCUT2D eigenvalue weighted by atomic mass is 16.7. The molecule has 1 aliphatic carbocycles. The molecule has 2 unspecified atom stereocenters. The summed E-state index contributed by atoms with van der Waals surface area (Å²) in [6.07, 6.45) is 0.357. The first-order chi connectivity index (χ1) is 6.20. The van der Waals surface area contributed by atoms with Crippen LogP contribution in [0, 0.1) is 11.8 Å². The minimum atomic E-state index is -0.741. The summed E-state index contributed by atoms with van der Waals surface area (Å²) >= 11 is 0. The Labute approximate surface area is 77.8 Å². The molecule has 0 radical (unpaired) electrons. The fraction of sp³-hybridized carbons (Fsp3) is 0.889. The van der Waals surface area contributed by atoms with Crippen LogP contribution in [0.1, 0.15) is 20.3 Å². The molecule has 0 spiro atoms. The third kappa shape index (κ3) is 2.67. The third-order valence-electron chi connectivity index (χ3n) is 2.17. The van der Waals surface area contributed by atoms with E-state index in [4.69, 9.17) is 14.6 Å². The Bertz CT molecular complexity index is 174. The minimum absolute atomic E-state index is 0.0531. The third-order valence-corrected chi connectivity index (χ3v) is 2.17. The monoisotopic (exact) mass is 188 g/mol. The van der Waals surface area contributed by atoms with Gasteiger partial charge >= 0.3 is 5.97 Å². The second kappa shape index (κ2) is 4.58. The maximum atomic E-state index is 10.6. The van der Waals surface area contributed by atoms with Gasteiger partial charge in [-0.3, -0.25) is 4.79 Å². The summed E-state index contributed by atoms with van der Waals surface area (Å²) in [6, 6.07) is 0. The number of aliphatic carboxylic acids is 1. The van der Waals surface area contributed by atoms with E-state index in [0.29, 0.717) is 19.6 Å². The number of hydrogen-bond acceptors (Lipinski definition) is 3. The summed E-state index contributed by atoms with van der Waals surface area (Å²) < 4.78 is 10.6. The maximum absolute atomic E-state index is 10.6. The normalized spacial score (nSPS) is 26.4. The molecular formula is C9H16O4. The molecule has 1 saturated carbocycles. The quantitative estimate of drug-likeness (QED) is 0.634. The van der Waals surface area contributed by atoms with Crippen LogP contribution in [0.5, 0.6) is 0 Å². The smallest absolute Gasteiger partial charge is 0.306 e. The average molecular weight is 188 g/mol. The number of carboxylic acid groups (broad SMARTS) is 1. The Hall–Kier alpha value is -0.610.